The zero-order valence-electron chi connectivity index (χ0n) is 12.3. The molecule has 2 aromatic rings. The van der Waals surface area contributed by atoms with Crippen LogP contribution in [-0.2, 0) is 0 Å². The standard InChI is InChI=1S/C16H19N3O/c1-11-9-14(20)6-7-15(11)18-12(2)13-5-8-16(17-10-13)19(3)4/h5-10,20H,1-4H3. The summed E-state index contributed by atoms with van der Waals surface area (Å²) in [6, 6.07) is 9.15. The second kappa shape index (κ2) is 5.74. The third-order valence-electron chi connectivity index (χ3n) is 3.09. The fourth-order valence-electron chi connectivity index (χ4n) is 1.87. The van der Waals surface area contributed by atoms with Gasteiger partial charge in [0.1, 0.15) is 11.6 Å². The fourth-order valence-corrected chi connectivity index (χ4v) is 1.87. The number of aryl methyl sites for hydroxylation is 1. The Morgan fingerprint density at radius 1 is 1.20 bits per heavy atom. The van der Waals surface area contributed by atoms with E-state index in [1.54, 1.807) is 12.1 Å². The average molecular weight is 269 g/mol. The molecule has 1 aromatic carbocycles. The Labute approximate surface area is 119 Å². The Morgan fingerprint density at radius 3 is 2.50 bits per heavy atom. The number of phenolic OH excluding ortho intramolecular Hbond substituents is 1. The molecule has 0 fully saturated rings. The summed E-state index contributed by atoms with van der Waals surface area (Å²) in [7, 11) is 3.92. The molecule has 0 aliphatic carbocycles. The van der Waals surface area contributed by atoms with Crippen molar-refractivity contribution in [2.45, 2.75) is 13.8 Å². The summed E-state index contributed by atoms with van der Waals surface area (Å²) < 4.78 is 0. The first-order valence-corrected chi connectivity index (χ1v) is 6.46. The van der Waals surface area contributed by atoms with Crippen molar-refractivity contribution < 1.29 is 5.11 Å². The lowest BCUT2D eigenvalue weighted by atomic mass is 10.1. The van der Waals surface area contributed by atoms with Gasteiger partial charge in [-0.3, -0.25) is 4.99 Å². The predicted molar refractivity (Wildman–Crippen MR) is 83.3 cm³/mol. The van der Waals surface area contributed by atoms with Crippen LogP contribution < -0.4 is 4.90 Å². The van der Waals surface area contributed by atoms with Crippen molar-refractivity contribution in [3.8, 4) is 5.75 Å². The number of aliphatic imine (C=N–C) groups is 1. The summed E-state index contributed by atoms with van der Waals surface area (Å²) in [4.78, 5) is 10.9. The van der Waals surface area contributed by atoms with Crippen molar-refractivity contribution in [1.82, 2.24) is 4.98 Å². The van der Waals surface area contributed by atoms with E-state index in [2.05, 4.69) is 9.98 Å². The number of hydrogen-bond acceptors (Lipinski definition) is 4. The van der Waals surface area contributed by atoms with Crippen molar-refractivity contribution in [1.29, 1.82) is 0 Å². The Morgan fingerprint density at radius 2 is 1.95 bits per heavy atom. The van der Waals surface area contributed by atoms with Crippen molar-refractivity contribution in [2.75, 3.05) is 19.0 Å². The van der Waals surface area contributed by atoms with Gasteiger partial charge in [0.2, 0.25) is 0 Å². The third kappa shape index (κ3) is 3.15. The molecule has 104 valence electrons. The molecule has 0 spiro atoms. The predicted octanol–water partition coefficient (Wildman–Crippen LogP) is 3.30. The zero-order valence-corrected chi connectivity index (χ0v) is 12.3. The molecular weight excluding hydrogens is 250 g/mol. The first kappa shape index (κ1) is 14.1. The number of aromatic nitrogens is 1. The molecule has 0 saturated carbocycles. The van der Waals surface area contributed by atoms with E-state index in [9.17, 15) is 5.11 Å². The molecular formula is C16H19N3O. The second-order valence-electron chi connectivity index (χ2n) is 4.97. The van der Waals surface area contributed by atoms with E-state index in [0.29, 0.717) is 0 Å². The minimum Gasteiger partial charge on any atom is -0.508 e. The molecule has 0 aliphatic rings. The van der Waals surface area contributed by atoms with E-state index in [0.717, 1.165) is 28.3 Å². The van der Waals surface area contributed by atoms with Gasteiger partial charge in [-0.1, -0.05) is 0 Å². The van der Waals surface area contributed by atoms with Crippen LogP contribution in [0.1, 0.15) is 18.1 Å². The van der Waals surface area contributed by atoms with Gasteiger partial charge in [-0.15, -0.1) is 0 Å². The molecule has 1 heterocycles. The number of pyridine rings is 1. The molecule has 4 nitrogen and oxygen atoms in total. The Kier molecular flexibility index (Phi) is 4.03. The van der Waals surface area contributed by atoms with Gasteiger partial charge in [0.15, 0.2) is 0 Å². The van der Waals surface area contributed by atoms with Crippen molar-refractivity contribution in [3.05, 3.63) is 47.7 Å². The summed E-state index contributed by atoms with van der Waals surface area (Å²) in [6.45, 7) is 3.89. The third-order valence-corrected chi connectivity index (χ3v) is 3.09. The molecule has 20 heavy (non-hydrogen) atoms. The maximum Gasteiger partial charge on any atom is 0.127 e. The first-order chi connectivity index (χ1) is 9.47. The maximum atomic E-state index is 9.41. The number of benzene rings is 1. The lowest BCUT2D eigenvalue weighted by Crippen LogP contribution is -2.10. The monoisotopic (exact) mass is 269 g/mol. The highest BCUT2D eigenvalue weighted by Gasteiger charge is 2.03. The van der Waals surface area contributed by atoms with Gasteiger partial charge in [-0.05, 0) is 49.7 Å². The van der Waals surface area contributed by atoms with Gasteiger partial charge in [0.25, 0.3) is 0 Å². The average Bonchev–Trinajstić information content (AvgIpc) is 2.42. The molecule has 0 saturated heterocycles. The van der Waals surface area contributed by atoms with Gasteiger partial charge in [0, 0.05) is 31.6 Å². The number of rotatable bonds is 3. The molecule has 0 atom stereocenters. The van der Waals surface area contributed by atoms with Gasteiger partial charge >= 0.3 is 0 Å². The van der Waals surface area contributed by atoms with Crippen LogP contribution in [0.15, 0.2) is 41.5 Å². The topological polar surface area (TPSA) is 48.7 Å². The summed E-state index contributed by atoms with van der Waals surface area (Å²) in [5.41, 5.74) is 3.69. The smallest absolute Gasteiger partial charge is 0.127 e. The zero-order chi connectivity index (χ0) is 14.7. The molecule has 0 aliphatic heterocycles. The molecule has 4 heteroatoms. The summed E-state index contributed by atoms with van der Waals surface area (Å²) in [5.74, 6) is 1.18. The van der Waals surface area contributed by atoms with Crippen LogP contribution in [0.5, 0.6) is 5.75 Å². The van der Waals surface area contributed by atoms with Crippen LogP contribution >= 0.6 is 0 Å². The molecule has 0 bridgehead atoms. The minimum atomic E-state index is 0.260. The number of anilines is 1. The highest BCUT2D eigenvalue weighted by molar-refractivity contribution is 6.00. The van der Waals surface area contributed by atoms with E-state index in [1.165, 1.54) is 0 Å². The van der Waals surface area contributed by atoms with Crippen LogP contribution in [0.25, 0.3) is 0 Å². The van der Waals surface area contributed by atoms with Gasteiger partial charge in [-0.2, -0.15) is 0 Å². The lowest BCUT2D eigenvalue weighted by molar-refractivity contribution is 0.475. The molecule has 0 unspecified atom stereocenters. The summed E-state index contributed by atoms with van der Waals surface area (Å²) in [6.07, 6.45) is 1.82. The number of nitrogens with zero attached hydrogens (tertiary/aromatic N) is 3. The number of phenols is 1. The van der Waals surface area contributed by atoms with Crippen molar-refractivity contribution >= 4 is 17.2 Å². The van der Waals surface area contributed by atoms with E-state index in [1.807, 2.05) is 57.2 Å². The lowest BCUT2D eigenvalue weighted by Gasteiger charge is -2.11. The van der Waals surface area contributed by atoms with Crippen LogP contribution in [0.3, 0.4) is 0 Å². The number of aromatic hydroxyl groups is 1. The second-order valence-corrected chi connectivity index (χ2v) is 4.97. The van der Waals surface area contributed by atoms with Crippen molar-refractivity contribution in [2.24, 2.45) is 4.99 Å². The molecule has 1 aromatic heterocycles. The Bertz CT molecular complexity index is 631. The summed E-state index contributed by atoms with van der Waals surface area (Å²) >= 11 is 0. The molecule has 2 rings (SSSR count). The quantitative estimate of drug-likeness (QED) is 0.870. The van der Waals surface area contributed by atoms with Crippen LogP contribution in [0.2, 0.25) is 0 Å². The number of hydrogen-bond donors (Lipinski definition) is 1. The highest BCUT2D eigenvalue weighted by Crippen LogP contribution is 2.23. The summed E-state index contributed by atoms with van der Waals surface area (Å²) in [5, 5.41) is 9.41. The Balaban J connectivity index is 2.30. The minimum absolute atomic E-state index is 0.260. The van der Waals surface area contributed by atoms with E-state index in [-0.39, 0.29) is 5.75 Å². The fraction of sp³-hybridized carbons (Fsp3) is 0.250. The normalized spacial score (nSPS) is 11.5. The van der Waals surface area contributed by atoms with E-state index < -0.39 is 0 Å². The van der Waals surface area contributed by atoms with E-state index in [4.69, 9.17) is 0 Å². The first-order valence-electron chi connectivity index (χ1n) is 6.46. The molecule has 1 N–H and O–H groups in total. The largest absolute Gasteiger partial charge is 0.508 e. The van der Waals surface area contributed by atoms with Gasteiger partial charge in [-0.25, -0.2) is 4.98 Å². The van der Waals surface area contributed by atoms with Crippen molar-refractivity contribution in [3.63, 3.8) is 0 Å². The van der Waals surface area contributed by atoms with E-state index >= 15 is 0 Å². The van der Waals surface area contributed by atoms with Crippen LogP contribution in [0, 0.1) is 6.92 Å². The molecule has 0 radical (unpaired) electrons. The van der Waals surface area contributed by atoms with Gasteiger partial charge < -0.3 is 10.0 Å². The SMILES string of the molecule is CC(=Nc1ccc(O)cc1C)c1ccc(N(C)C)nc1. The Hall–Kier alpha value is -2.36. The maximum absolute atomic E-state index is 9.41. The van der Waals surface area contributed by atoms with Gasteiger partial charge in [0.05, 0.1) is 5.69 Å². The van der Waals surface area contributed by atoms with Crippen LogP contribution in [-0.4, -0.2) is 29.9 Å². The molecule has 0 amide bonds. The highest BCUT2D eigenvalue weighted by atomic mass is 16.3. The van der Waals surface area contributed by atoms with Crippen LogP contribution in [0.4, 0.5) is 11.5 Å².